The van der Waals surface area contributed by atoms with Crippen molar-refractivity contribution in [2.24, 2.45) is 0 Å². The summed E-state index contributed by atoms with van der Waals surface area (Å²) < 4.78 is 13.3. The number of nitrogens with zero attached hydrogens (tertiary/aromatic N) is 3. The quantitative estimate of drug-likeness (QED) is 0.213. The number of ether oxygens (including phenoxy) is 2. The molecule has 0 aliphatic carbocycles. The van der Waals surface area contributed by atoms with Gasteiger partial charge in [0, 0.05) is 11.4 Å². The highest BCUT2D eigenvalue weighted by Crippen LogP contribution is 2.38. The molecule has 206 valence electrons. The lowest BCUT2D eigenvalue weighted by molar-refractivity contribution is -0.113. The first-order chi connectivity index (χ1) is 19.5. The molecule has 5 rings (SSSR count). The standard InChI is InChI=1S/C31H33N5O3S/c1-5-17-40-31-34-30-32-21(3)27(29(37)33-25-11-6-7-12-26(25)38-4)28(36(30)35-31)23-13-15-24(16-14-23)39-19-22-10-8-9-20(2)18-22/h6-16,18,28H,5,17,19H2,1-4H3,(H,33,37)(H,32,34,35). The molecule has 0 fully saturated rings. The van der Waals surface area contributed by atoms with Crippen molar-refractivity contribution in [2.45, 2.75) is 45.0 Å². The third-order valence-electron chi connectivity index (χ3n) is 6.55. The van der Waals surface area contributed by atoms with Crippen LogP contribution in [0.25, 0.3) is 0 Å². The molecule has 1 aromatic heterocycles. The zero-order valence-electron chi connectivity index (χ0n) is 23.1. The average Bonchev–Trinajstić information content (AvgIpc) is 3.37. The van der Waals surface area contributed by atoms with E-state index in [0.29, 0.717) is 40.4 Å². The molecule has 0 bridgehead atoms. The van der Waals surface area contributed by atoms with E-state index in [-0.39, 0.29) is 5.91 Å². The van der Waals surface area contributed by atoms with Crippen LogP contribution in [0.1, 0.15) is 43.0 Å². The van der Waals surface area contributed by atoms with E-state index >= 15 is 0 Å². The van der Waals surface area contributed by atoms with Crippen LogP contribution in [-0.4, -0.2) is 33.5 Å². The van der Waals surface area contributed by atoms with Gasteiger partial charge < -0.3 is 20.1 Å². The van der Waals surface area contributed by atoms with Crippen LogP contribution < -0.4 is 20.1 Å². The van der Waals surface area contributed by atoms with Crippen LogP contribution in [0.5, 0.6) is 11.5 Å². The Hall–Kier alpha value is -4.24. The number of para-hydroxylation sites is 2. The summed E-state index contributed by atoms with van der Waals surface area (Å²) in [5.74, 6) is 2.61. The molecule has 1 unspecified atom stereocenters. The fourth-order valence-electron chi connectivity index (χ4n) is 4.64. The molecule has 4 aromatic rings. The van der Waals surface area contributed by atoms with Gasteiger partial charge in [-0.3, -0.25) is 4.79 Å². The topological polar surface area (TPSA) is 90.3 Å². The minimum absolute atomic E-state index is 0.247. The first-order valence-electron chi connectivity index (χ1n) is 13.3. The fourth-order valence-corrected chi connectivity index (χ4v) is 5.32. The first-order valence-corrected chi connectivity index (χ1v) is 14.2. The maximum absolute atomic E-state index is 13.8. The number of aromatic nitrogens is 3. The van der Waals surface area contributed by atoms with E-state index in [1.54, 1.807) is 23.6 Å². The van der Waals surface area contributed by atoms with Crippen LogP contribution in [0, 0.1) is 6.92 Å². The molecule has 0 saturated carbocycles. The van der Waals surface area contributed by atoms with Crippen LogP contribution in [0.3, 0.4) is 0 Å². The summed E-state index contributed by atoms with van der Waals surface area (Å²) in [6, 6.07) is 23.0. The molecule has 0 radical (unpaired) electrons. The van der Waals surface area contributed by atoms with Gasteiger partial charge in [0.25, 0.3) is 5.91 Å². The second-order valence-electron chi connectivity index (χ2n) is 9.58. The largest absolute Gasteiger partial charge is 0.495 e. The fraction of sp³-hybridized carbons (Fsp3) is 0.258. The first kappa shape index (κ1) is 27.3. The Bertz CT molecular complexity index is 1530. The van der Waals surface area contributed by atoms with Gasteiger partial charge in [-0.15, -0.1) is 5.10 Å². The smallest absolute Gasteiger partial charge is 0.255 e. The number of benzene rings is 3. The number of hydrogen-bond donors (Lipinski definition) is 2. The zero-order chi connectivity index (χ0) is 28.1. The van der Waals surface area contributed by atoms with Gasteiger partial charge in [-0.2, -0.15) is 4.98 Å². The predicted molar refractivity (Wildman–Crippen MR) is 159 cm³/mol. The van der Waals surface area contributed by atoms with Crippen LogP contribution in [-0.2, 0) is 11.4 Å². The molecule has 0 saturated heterocycles. The van der Waals surface area contributed by atoms with Gasteiger partial charge in [-0.05, 0) is 55.7 Å². The van der Waals surface area contributed by atoms with Crippen molar-refractivity contribution in [3.8, 4) is 11.5 Å². The van der Waals surface area contributed by atoms with Crippen molar-refractivity contribution in [1.82, 2.24) is 14.8 Å². The summed E-state index contributed by atoms with van der Waals surface area (Å²) in [7, 11) is 1.58. The summed E-state index contributed by atoms with van der Waals surface area (Å²) in [5, 5.41) is 11.8. The van der Waals surface area contributed by atoms with Crippen molar-refractivity contribution in [1.29, 1.82) is 0 Å². The Labute approximate surface area is 238 Å². The van der Waals surface area contributed by atoms with Crippen molar-refractivity contribution >= 4 is 29.3 Å². The number of aryl methyl sites for hydroxylation is 1. The number of carbonyl (C=O) groups excluding carboxylic acids is 1. The molecule has 2 N–H and O–H groups in total. The van der Waals surface area contributed by atoms with Crippen molar-refractivity contribution in [3.05, 3.63) is 101 Å². The molecular formula is C31H33N5O3S. The van der Waals surface area contributed by atoms with E-state index in [1.807, 2.05) is 61.5 Å². The van der Waals surface area contributed by atoms with E-state index in [0.717, 1.165) is 29.1 Å². The van der Waals surface area contributed by atoms with E-state index in [9.17, 15) is 4.79 Å². The minimum Gasteiger partial charge on any atom is -0.495 e. The molecular weight excluding hydrogens is 522 g/mol. The summed E-state index contributed by atoms with van der Waals surface area (Å²) in [5.41, 5.74) is 5.06. The van der Waals surface area contributed by atoms with Crippen LogP contribution in [0.4, 0.5) is 11.6 Å². The van der Waals surface area contributed by atoms with E-state index in [4.69, 9.17) is 19.6 Å². The highest BCUT2D eigenvalue weighted by molar-refractivity contribution is 7.99. The van der Waals surface area contributed by atoms with Gasteiger partial charge in [0.1, 0.15) is 24.1 Å². The number of hydrogen-bond acceptors (Lipinski definition) is 7. The zero-order valence-corrected chi connectivity index (χ0v) is 23.9. The Morgan fingerprint density at radius 3 is 2.62 bits per heavy atom. The summed E-state index contributed by atoms with van der Waals surface area (Å²) in [6.07, 6.45) is 1.01. The molecule has 1 aliphatic heterocycles. The number of fused-ring (bicyclic) bond motifs is 1. The maximum Gasteiger partial charge on any atom is 0.255 e. The lowest BCUT2D eigenvalue weighted by Crippen LogP contribution is -2.31. The SMILES string of the molecule is CCCSc1nc2n(n1)C(c1ccc(OCc3cccc(C)c3)cc1)C(C(=O)Nc1ccccc1OC)=C(C)N2. The van der Waals surface area contributed by atoms with Crippen molar-refractivity contribution < 1.29 is 14.3 Å². The molecule has 8 nitrogen and oxygen atoms in total. The number of amides is 1. The third-order valence-corrected chi connectivity index (χ3v) is 7.60. The number of anilines is 2. The summed E-state index contributed by atoms with van der Waals surface area (Å²) in [4.78, 5) is 18.5. The predicted octanol–water partition coefficient (Wildman–Crippen LogP) is 6.60. The summed E-state index contributed by atoms with van der Waals surface area (Å²) in [6.45, 7) is 6.56. The van der Waals surface area contributed by atoms with Crippen LogP contribution >= 0.6 is 11.8 Å². The Kier molecular flexibility index (Phi) is 8.40. The maximum atomic E-state index is 13.8. The molecule has 0 spiro atoms. The molecule has 40 heavy (non-hydrogen) atoms. The average molecular weight is 556 g/mol. The van der Waals surface area contributed by atoms with E-state index in [1.165, 1.54) is 5.56 Å². The monoisotopic (exact) mass is 555 g/mol. The molecule has 3 aromatic carbocycles. The second-order valence-corrected chi connectivity index (χ2v) is 10.6. The third kappa shape index (κ3) is 5.99. The van der Waals surface area contributed by atoms with E-state index < -0.39 is 6.04 Å². The number of rotatable bonds is 10. The molecule has 9 heteroatoms. The van der Waals surface area contributed by atoms with Gasteiger partial charge in [0.15, 0.2) is 0 Å². The minimum atomic E-state index is -0.486. The Morgan fingerprint density at radius 1 is 1.07 bits per heavy atom. The lowest BCUT2D eigenvalue weighted by Gasteiger charge is -2.29. The highest BCUT2D eigenvalue weighted by Gasteiger charge is 2.34. The van der Waals surface area contributed by atoms with Gasteiger partial charge in [0.05, 0.1) is 18.4 Å². The number of allylic oxidation sites excluding steroid dienone is 1. The van der Waals surface area contributed by atoms with Gasteiger partial charge in [-0.1, -0.05) is 72.8 Å². The molecule has 1 atom stereocenters. The number of methoxy groups -OCH3 is 1. The molecule has 1 amide bonds. The second kappa shape index (κ2) is 12.3. The lowest BCUT2D eigenvalue weighted by atomic mass is 9.95. The molecule has 1 aliphatic rings. The number of carbonyl (C=O) groups is 1. The normalized spacial score (nSPS) is 14.3. The highest BCUT2D eigenvalue weighted by atomic mass is 32.2. The summed E-state index contributed by atoms with van der Waals surface area (Å²) >= 11 is 1.60. The molecule has 2 heterocycles. The van der Waals surface area contributed by atoms with Gasteiger partial charge in [0.2, 0.25) is 11.1 Å². The van der Waals surface area contributed by atoms with Crippen molar-refractivity contribution in [3.63, 3.8) is 0 Å². The van der Waals surface area contributed by atoms with Gasteiger partial charge in [-0.25, -0.2) is 4.68 Å². The number of nitrogens with one attached hydrogen (secondary N) is 2. The van der Waals surface area contributed by atoms with Crippen LogP contribution in [0.15, 0.2) is 89.2 Å². The Balaban J connectivity index is 1.46. The number of thioether (sulfide) groups is 1. The van der Waals surface area contributed by atoms with Gasteiger partial charge >= 0.3 is 0 Å². The van der Waals surface area contributed by atoms with E-state index in [2.05, 4.69) is 42.7 Å². The van der Waals surface area contributed by atoms with Crippen molar-refractivity contribution in [2.75, 3.05) is 23.5 Å². The Morgan fingerprint density at radius 2 is 1.88 bits per heavy atom. The van der Waals surface area contributed by atoms with Crippen LogP contribution in [0.2, 0.25) is 0 Å².